The van der Waals surface area contributed by atoms with Crippen LogP contribution in [0.4, 0.5) is 21.6 Å². The van der Waals surface area contributed by atoms with Gasteiger partial charge in [-0.25, -0.2) is 22.5 Å². The van der Waals surface area contributed by atoms with Gasteiger partial charge in [0.2, 0.25) is 0 Å². The normalized spacial score (nSPS) is 22.6. The topological polar surface area (TPSA) is 193 Å². The Bertz CT molecular complexity index is 2810. The fourth-order valence-electron chi connectivity index (χ4n) is 11.4. The lowest BCUT2D eigenvalue weighted by molar-refractivity contribution is -0.751. The summed E-state index contributed by atoms with van der Waals surface area (Å²) in [6, 6.07) is 17.5. The number of aliphatic hydroxyl groups is 1. The molecule has 1 unspecified atom stereocenters. The molecule has 0 bridgehead atoms. The lowest BCUT2D eigenvalue weighted by atomic mass is 9.59. The molecule has 2 aliphatic heterocycles. The molecule has 5 aromatic rings. The summed E-state index contributed by atoms with van der Waals surface area (Å²) >= 11 is 0. The summed E-state index contributed by atoms with van der Waals surface area (Å²) in [6.07, 6.45) is 9.51. The standard InChI is InChI=1S/C53H70FN9O7S/c1-7-61-23-24-63(45(33-61)40-12-10-9-11-39(40)34(3)4)37-28-53(29-37)19-21-62(22-20-53)36-13-14-41(46(25-36)70-47-27-42-43(54)32-57-48(42)58-51(47)69-8-2)50(64)59-71(67,68)38-26-44(60(6)66)49(56-31-38)55-30-35-15-17-52(5,65)18-16-35/h9-14,25-27,31-32,34-35,37,45,60,65H,7-8,15-24,28-30,33H2,1-6H3,(H,55,56)(H,57,58)(H,59,64)/t35-,45-,52-/m0/s1. The van der Waals surface area contributed by atoms with Crippen LogP contribution in [0.25, 0.3) is 11.0 Å². The number of sulfonamides is 1. The maximum Gasteiger partial charge on any atom is 0.268 e. The van der Waals surface area contributed by atoms with Crippen LogP contribution >= 0.6 is 0 Å². The number of anilines is 2. The minimum Gasteiger partial charge on any atom is -0.629 e. The van der Waals surface area contributed by atoms with E-state index >= 15 is 0 Å². The fraction of sp³-hybridized carbons (Fsp3) is 0.528. The van der Waals surface area contributed by atoms with Gasteiger partial charge >= 0.3 is 0 Å². The number of H-pyrrole nitrogens is 1. The number of carbonyl (C=O) groups excluding carboxylic acids is 1. The molecule has 4 aliphatic rings. The zero-order valence-electron chi connectivity index (χ0n) is 41.9. The SMILES string of the molecule is CCOc1nc2[nH]cc(F)c2cc1Oc1cc(N2CCC3(CC2)CC(N2CCN(CC)C[C@H]2c2ccccc2C(C)C)C3)ccc1C(=O)NS(=O)(=O)c1cnc(NC[C@H]2CC[C@](C)(O)CC2)c([NH+](C)[O-])c1. The zero-order valence-corrected chi connectivity index (χ0v) is 42.7. The lowest BCUT2D eigenvalue weighted by Crippen LogP contribution is -2.98. The highest BCUT2D eigenvalue weighted by molar-refractivity contribution is 7.90. The Morgan fingerprint density at radius 2 is 1.77 bits per heavy atom. The molecule has 16 nitrogen and oxygen atoms in total. The van der Waals surface area contributed by atoms with E-state index in [1.807, 2.05) is 6.92 Å². The Balaban J connectivity index is 0.937. The van der Waals surface area contributed by atoms with Gasteiger partial charge in [0, 0.05) is 81.4 Å². The molecule has 4 fully saturated rings. The number of aromatic nitrogens is 3. The summed E-state index contributed by atoms with van der Waals surface area (Å²) in [5.41, 5.74) is 3.41. The van der Waals surface area contributed by atoms with E-state index in [1.54, 1.807) is 19.1 Å². The van der Waals surface area contributed by atoms with Crippen molar-refractivity contribution in [3.63, 3.8) is 0 Å². The zero-order chi connectivity index (χ0) is 50.2. The number of likely N-dealkylation sites (N-methyl/N-ethyl adjacent to an activating group) is 1. The van der Waals surface area contributed by atoms with Crippen LogP contribution in [0.2, 0.25) is 0 Å². The first-order valence-electron chi connectivity index (χ1n) is 25.4. The largest absolute Gasteiger partial charge is 0.629 e. The quantitative estimate of drug-likeness (QED) is 0.0606. The van der Waals surface area contributed by atoms with Gasteiger partial charge in [-0.1, -0.05) is 45.0 Å². The van der Waals surface area contributed by atoms with Gasteiger partial charge in [0.1, 0.15) is 22.1 Å². The molecule has 2 saturated carbocycles. The van der Waals surface area contributed by atoms with E-state index in [1.165, 1.54) is 42.6 Å². The van der Waals surface area contributed by atoms with Crippen LogP contribution in [0.15, 0.2) is 71.9 Å². The van der Waals surface area contributed by atoms with Gasteiger partial charge in [-0.05, 0) is 112 Å². The minimum absolute atomic E-state index is 0.0162. The van der Waals surface area contributed by atoms with Crippen LogP contribution in [0, 0.1) is 22.4 Å². The summed E-state index contributed by atoms with van der Waals surface area (Å²) in [5.74, 6) is -0.494. The maximum absolute atomic E-state index is 15.0. The number of pyridine rings is 2. The highest BCUT2D eigenvalue weighted by Crippen LogP contribution is 2.53. The van der Waals surface area contributed by atoms with Crippen molar-refractivity contribution in [2.24, 2.45) is 11.3 Å². The molecule has 0 radical (unpaired) electrons. The van der Waals surface area contributed by atoms with Gasteiger partial charge in [-0.15, -0.1) is 0 Å². The Kier molecular flexibility index (Phi) is 14.7. The fourth-order valence-corrected chi connectivity index (χ4v) is 12.3. The van der Waals surface area contributed by atoms with E-state index in [-0.39, 0.29) is 68.3 Å². The summed E-state index contributed by atoms with van der Waals surface area (Å²) in [6.45, 7) is 16.9. The smallest absolute Gasteiger partial charge is 0.268 e. The number of hydrogen-bond acceptors (Lipinski definition) is 13. The number of hydrogen-bond donors (Lipinski definition) is 5. The van der Waals surface area contributed by atoms with Gasteiger partial charge in [-0.2, -0.15) is 4.98 Å². The number of amides is 1. The number of nitrogens with one attached hydrogen (secondary N) is 4. The Morgan fingerprint density at radius 3 is 2.48 bits per heavy atom. The molecule has 2 atom stereocenters. The van der Waals surface area contributed by atoms with Crippen molar-refractivity contribution >= 4 is 44.2 Å². The number of nitrogens with zero attached hydrogens (tertiary/aromatic N) is 5. The highest BCUT2D eigenvalue weighted by atomic mass is 32.2. The first-order chi connectivity index (χ1) is 33.9. The number of aromatic amines is 1. The molecule has 2 saturated heterocycles. The molecule has 2 aliphatic carbocycles. The second-order valence-corrected chi connectivity index (χ2v) is 22.6. The first-order valence-corrected chi connectivity index (χ1v) is 26.9. The van der Waals surface area contributed by atoms with E-state index in [0.717, 1.165) is 89.7 Å². The van der Waals surface area contributed by atoms with Crippen LogP contribution in [0.1, 0.15) is 119 Å². The molecule has 5 N–H and O–H groups in total. The van der Waals surface area contributed by atoms with Crippen molar-refractivity contribution in [3.05, 3.63) is 94.7 Å². The molecule has 18 heteroatoms. The maximum atomic E-state index is 15.0. The van der Waals surface area contributed by atoms with Gasteiger partial charge in [-0.3, -0.25) is 9.69 Å². The predicted molar refractivity (Wildman–Crippen MR) is 273 cm³/mol. The summed E-state index contributed by atoms with van der Waals surface area (Å²) in [7, 11) is -3.25. The highest BCUT2D eigenvalue weighted by Gasteiger charge is 2.50. The molecule has 9 rings (SSSR count). The van der Waals surface area contributed by atoms with Crippen LogP contribution < -0.4 is 29.5 Å². The molecular weight excluding hydrogens is 926 g/mol. The van der Waals surface area contributed by atoms with E-state index in [4.69, 9.17) is 9.47 Å². The molecule has 382 valence electrons. The number of hydroxylamine groups is 1. The average molecular weight is 996 g/mol. The first kappa shape index (κ1) is 50.6. The van der Waals surface area contributed by atoms with E-state index < -0.39 is 32.4 Å². The molecule has 5 heterocycles. The minimum atomic E-state index is -4.58. The van der Waals surface area contributed by atoms with Crippen LogP contribution in [-0.4, -0.2) is 115 Å². The third-order valence-electron chi connectivity index (χ3n) is 15.7. The van der Waals surface area contributed by atoms with E-state index in [9.17, 15) is 27.9 Å². The van der Waals surface area contributed by atoms with Crippen LogP contribution in [0.5, 0.6) is 17.4 Å². The molecule has 3 aromatic heterocycles. The van der Waals surface area contributed by atoms with Gasteiger partial charge < -0.3 is 45.0 Å². The summed E-state index contributed by atoms with van der Waals surface area (Å²) in [4.78, 5) is 33.1. The van der Waals surface area contributed by atoms with Gasteiger partial charge in [0.25, 0.3) is 21.8 Å². The van der Waals surface area contributed by atoms with Crippen LogP contribution in [0.3, 0.4) is 0 Å². The number of quaternary nitrogens is 1. The van der Waals surface area contributed by atoms with Crippen molar-refractivity contribution in [1.29, 1.82) is 0 Å². The van der Waals surface area contributed by atoms with Gasteiger partial charge in [0.05, 0.1) is 36.4 Å². The molecule has 71 heavy (non-hydrogen) atoms. The third-order valence-corrected chi connectivity index (χ3v) is 17.0. The molecule has 2 aromatic carbocycles. The Hall–Kier alpha value is -5.37. The number of halogens is 1. The Labute approximate surface area is 416 Å². The van der Waals surface area contributed by atoms with Crippen molar-refractivity contribution in [2.75, 3.05) is 69.7 Å². The average Bonchev–Trinajstić information content (AvgIpc) is 3.70. The third kappa shape index (κ3) is 10.9. The van der Waals surface area contributed by atoms with Gasteiger partial charge in [0.15, 0.2) is 17.3 Å². The second kappa shape index (κ2) is 20.6. The molecule has 1 spiro atoms. The Morgan fingerprint density at radius 1 is 1.03 bits per heavy atom. The monoisotopic (exact) mass is 996 g/mol. The predicted octanol–water partition coefficient (Wildman–Crippen LogP) is 7.66. The number of piperazine rings is 1. The van der Waals surface area contributed by atoms with E-state index in [2.05, 4.69) is 84.7 Å². The second-order valence-electron chi connectivity index (χ2n) is 20.9. The van der Waals surface area contributed by atoms with Crippen molar-refractivity contribution in [1.82, 2.24) is 29.5 Å². The van der Waals surface area contributed by atoms with Crippen molar-refractivity contribution in [3.8, 4) is 17.4 Å². The number of fused-ring (bicyclic) bond motifs is 1. The van der Waals surface area contributed by atoms with Crippen molar-refractivity contribution < 1.29 is 37.2 Å². The lowest BCUT2D eigenvalue weighted by Gasteiger charge is -2.58. The van der Waals surface area contributed by atoms with E-state index in [0.29, 0.717) is 37.4 Å². The number of carbonyl (C=O) groups is 1. The van der Waals surface area contributed by atoms with Crippen LogP contribution in [-0.2, 0) is 10.0 Å². The number of rotatable bonds is 16. The number of benzene rings is 2. The number of piperidine rings is 1. The number of ether oxygens (including phenoxy) is 2. The summed E-state index contributed by atoms with van der Waals surface area (Å²) < 4.78 is 57.3. The van der Waals surface area contributed by atoms with Crippen molar-refractivity contribution in [2.45, 2.75) is 114 Å². The molecule has 1 amide bonds. The summed E-state index contributed by atoms with van der Waals surface area (Å²) in [5, 5.41) is 26.2. The molecular formula is C53H70FN9O7S.